The number of carbonyl (C=O) groups is 1. The lowest BCUT2D eigenvalue weighted by molar-refractivity contribution is -0.136. The first kappa shape index (κ1) is 16.7. The van der Waals surface area contributed by atoms with Crippen molar-refractivity contribution in [1.29, 1.82) is 0 Å². The molecule has 0 unspecified atom stereocenters. The molecule has 1 amide bonds. The minimum absolute atomic E-state index is 0.125. The van der Waals surface area contributed by atoms with E-state index in [-0.39, 0.29) is 11.3 Å². The fourth-order valence-electron chi connectivity index (χ4n) is 3.77. The number of fused-ring (bicyclic) bond motifs is 1. The normalized spacial score (nSPS) is 15.4. The molecule has 0 atom stereocenters. The quantitative estimate of drug-likeness (QED) is 0.714. The second-order valence-corrected chi connectivity index (χ2v) is 7.07. The molecular formula is C22H23NO3. The van der Waals surface area contributed by atoms with Crippen molar-refractivity contribution in [3.8, 4) is 5.75 Å². The zero-order valence-electron chi connectivity index (χ0n) is 15.0. The Labute approximate surface area is 153 Å². The second-order valence-electron chi connectivity index (χ2n) is 7.07. The summed E-state index contributed by atoms with van der Waals surface area (Å²) < 4.78 is 11.2. The average Bonchev–Trinajstić information content (AvgIpc) is 3.06. The predicted molar refractivity (Wildman–Crippen MR) is 101 cm³/mol. The van der Waals surface area contributed by atoms with Gasteiger partial charge >= 0.3 is 0 Å². The molecule has 3 aromatic rings. The molecule has 1 saturated carbocycles. The summed E-state index contributed by atoms with van der Waals surface area (Å²) in [7, 11) is 1.63. The van der Waals surface area contributed by atoms with Crippen LogP contribution < -0.4 is 10.1 Å². The zero-order chi connectivity index (χ0) is 18.0. The van der Waals surface area contributed by atoms with Crippen molar-refractivity contribution in [1.82, 2.24) is 5.32 Å². The van der Waals surface area contributed by atoms with Crippen LogP contribution in [-0.4, -0.2) is 13.0 Å². The summed E-state index contributed by atoms with van der Waals surface area (Å²) in [6, 6.07) is 18.0. The van der Waals surface area contributed by atoms with Crippen LogP contribution in [-0.2, 0) is 17.8 Å². The first-order chi connectivity index (χ1) is 12.7. The molecule has 1 aliphatic rings. The molecule has 1 N–H and O–H groups in total. The van der Waals surface area contributed by atoms with Crippen molar-refractivity contribution in [3.63, 3.8) is 0 Å². The Bertz CT molecular complexity index is 910. The number of hydrogen-bond donors (Lipinski definition) is 1. The molecule has 1 aromatic heterocycles. The molecule has 2 aromatic carbocycles. The number of para-hydroxylation sites is 1. The molecular weight excluding hydrogens is 326 g/mol. The van der Waals surface area contributed by atoms with E-state index < -0.39 is 0 Å². The summed E-state index contributed by atoms with van der Waals surface area (Å²) in [6.07, 6.45) is 3.80. The number of methoxy groups -OCH3 is 1. The fourth-order valence-corrected chi connectivity index (χ4v) is 3.77. The minimum Gasteiger partial charge on any atom is -0.493 e. The Hall–Kier alpha value is -2.75. The molecule has 0 spiro atoms. The first-order valence-corrected chi connectivity index (χ1v) is 9.08. The highest BCUT2D eigenvalue weighted by atomic mass is 16.5. The van der Waals surface area contributed by atoms with Gasteiger partial charge in [-0.15, -0.1) is 0 Å². The largest absolute Gasteiger partial charge is 0.493 e. The molecule has 4 heteroatoms. The van der Waals surface area contributed by atoms with Gasteiger partial charge in [-0.05, 0) is 37.0 Å². The molecule has 1 heterocycles. The Morgan fingerprint density at radius 2 is 1.96 bits per heavy atom. The van der Waals surface area contributed by atoms with E-state index in [1.807, 2.05) is 42.5 Å². The number of furan rings is 1. The highest BCUT2D eigenvalue weighted by molar-refractivity contribution is 5.85. The number of nitrogens with one attached hydrogen (secondary N) is 1. The average molecular weight is 349 g/mol. The van der Waals surface area contributed by atoms with Gasteiger partial charge in [-0.2, -0.15) is 0 Å². The number of ether oxygens (including phenoxy) is 1. The van der Waals surface area contributed by atoms with Gasteiger partial charge in [0, 0.05) is 5.39 Å². The lowest BCUT2D eigenvalue weighted by atomic mass is 9.64. The monoisotopic (exact) mass is 349 g/mol. The highest BCUT2D eigenvalue weighted by Gasteiger charge is 2.43. The van der Waals surface area contributed by atoms with Crippen LogP contribution in [0.3, 0.4) is 0 Å². The van der Waals surface area contributed by atoms with E-state index in [9.17, 15) is 4.79 Å². The molecule has 134 valence electrons. The van der Waals surface area contributed by atoms with Crippen LogP contribution in [0.25, 0.3) is 11.0 Å². The van der Waals surface area contributed by atoms with E-state index in [1.54, 1.807) is 7.11 Å². The zero-order valence-corrected chi connectivity index (χ0v) is 15.0. The summed E-state index contributed by atoms with van der Waals surface area (Å²) >= 11 is 0. The predicted octanol–water partition coefficient (Wildman–Crippen LogP) is 4.47. The third-order valence-electron chi connectivity index (χ3n) is 5.38. The van der Waals surface area contributed by atoms with Crippen LogP contribution in [0, 0.1) is 5.41 Å². The van der Waals surface area contributed by atoms with Crippen molar-refractivity contribution in [2.24, 2.45) is 5.41 Å². The maximum atomic E-state index is 12.9. The summed E-state index contributed by atoms with van der Waals surface area (Å²) in [5.41, 5.74) is 1.67. The third kappa shape index (κ3) is 3.07. The first-order valence-electron chi connectivity index (χ1n) is 9.08. The van der Waals surface area contributed by atoms with Crippen molar-refractivity contribution in [2.75, 3.05) is 7.11 Å². The minimum atomic E-state index is -0.273. The van der Waals surface area contributed by atoms with Gasteiger partial charge < -0.3 is 14.5 Å². The maximum absolute atomic E-state index is 12.9. The molecule has 4 nitrogen and oxygen atoms in total. The summed E-state index contributed by atoms with van der Waals surface area (Å²) in [4.78, 5) is 12.9. The van der Waals surface area contributed by atoms with Crippen molar-refractivity contribution >= 4 is 16.9 Å². The van der Waals surface area contributed by atoms with Gasteiger partial charge in [0.1, 0.15) is 5.76 Å². The van der Waals surface area contributed by atoms with Gasteiger partial charge in [-0.3, -0.25) is 4.79 Å². The smallest absolute Gasteiger partial charge is 0.226 e. The van der Waals surface area contributed by atoms with Gasteiger partial charge in [-0.25, -0.2) is 0 Å². The molecule has 0 radical (unpaired) electrons. The van der Waals surface area contributed by atoms with Crippen LogP contribution in [0.2, 0.25) is 0 Å². The van der Waals surface area contributed by atoms with E-state index in [4.69, 9.17) is 9.15 Å². The molecule has 0 aliphatic heterocycles. The van der Waals surface area contributed by atoms with Crippen LogP contribution >= 0.6 is 0 Å². The van der Waals surface area contributed by atoms with Crippen LogP contribution in [0.4, 0.5) is 0 Å². The number of carbonyl (C=O) groups excluding carboxylic acids is 1. The van der Waals surface area contributed by atoms with Gasteiger partial charge in [0.25, 0.3) is 0 Å². The topological polar surface area (TPSA) is 51.5 Å². The SMILES string of the molecule is COc1cccc2cc(CNC(=O)C3(Cc4ccccc4)CCC3)oc12. The molecule has 26 heavy (non-hydrogen) atoms. The fraction of sp³-hybridized carbons (Fsp3) is 0.318. The Kier molecular flexibility index (Phi) is 4.41. The van der Waals surface area contributed by atoms with E-state index >= 15 is 0 Å². The molecule has 1 aliphatic carbocycles. The summed E-state index contributed by atoms with van der Waals surface area (Å²) in [5, 5.41) is 4.07. The van der Waals surface area contributed by atoms with Crippen molar-refractivity contribution < 1.29 is 13.9 Å². The Morgan fingerprint density at radius 3 is 2.65 bits per heavy atom. The lowest BCUT2D eigenvalue weighted by Gasteiger charge is -2.40. The molecule has 4 rings (SSSR count). The van der Waals surface area contributed by atoms with Gasteiger partial charge in [0.2, 0.25) is 5.91 Å². The lowest BCUT2D eigenvalue weighted by Crippen LogP contribution is -2.46. The van der Waals surface area contributed by atoms with E-state index in [0.29, 0.717) is 12.3 Å². The van der Waals surface area contributed by atoms with Crippen molar-refractivity contribution in [2.45, 2.75) is 32.2 Å². The van der Waals surface area contributed by atoms with Crippen LogP contribution in [0.15, 0.2) is 59.0 Å². The number of hydrogen-bond acceptors (Lipinski definition) is 3. The summed E-state index contributed by atoms with van der Waals surface area (Å²) in [6.45, 7) is 0.396. The Balaban J connectivity index is 1.46. The van der Waals surface area contributed by atoms with Crippen LogP contribution in [0.1, 0.15) is 30.6 Å². The molecule has 1 fully saturated rings. The molecule has 0 saturated heterocycles. The van der Waals surface area contributed by atoms with E-state index in [0.717, 1.165) is 42.4 Å². The van der Waals surface area contributed by atoms with Crippen LogP contribution in [0.5, 0.6) is 5.75 Å². The van der Waals surface area contributed by atoms with Crippen molar-refractivity contribution in [3.05, 3.63) is 65.9 Å². The van der Waals surface area contributed by atoms with Gasteiger partial charge in [0.15, 0.2) is 11.3 Å². The second kappa shape index (κ2) is 6.87. The highest BCUT2D eigenvalue weighted by Crippen LogP contribution is 2.44. The number of benzene rings is 2. The third-order valence-corrected chi connectivity index (χ3v) is 5.38. The number of rotatable bonds is 6. The standard InChI is InChI=1S/C22H23NO3/c1-25-19-10-5-9-17-13-18(26-20(17)19)15-23-21(24)22(11-6-12-22)14-16-7-3-2-4-8-16/h2-5,7-10,13H,6,11-12,14-15H2,1H3,(H,23,24). The van der Waals surface area contributed by atoms with Gasteiger partial charge in [-0.1, -0.05) is 48.9 Å². The maximum Gasteiger partial charge on any atom is 0.226 e. The van der Waals surface area contributed by atoms with E-state index in [2.05, 4.69) is 17.4 Å². The van der Waals surface area contributed by atoms with Gasteiger partial charge in [0.05, 0.1) is 19.1 Å². The molecule has 0 bridgehead atoms. The Morgan fingerprint density at radius 1 is 1.15 bits per heavy atom. The van der Waals surface area contributed by atoms with E-state index in [1.165, 1.54) is 5.56 Å². The summed E-state index contributed by atoms with van der Waals surface area (Å²) in [5.74, 6) is 1.58. The number of amides is 1.